The molecule has 0 aliphatic carbocycles. The standard InChI is InChI=1S/C16H19N5OS/c1-21(6-7-22)13-4-5-15(18-11-13)17-9-12-10-19-20-16(12)14-3-2-8-23-14/h2-5,8,10-11,22H,6-7,9H2,1H3,(H,17,18)(H,19,20). The van der Waals surface area contributed by atoms with Gasteiger partial charge in [0, 0.05) is 25.7 Å². The molecule has 0 spiro atoms. The Bertz CT molecular complexity index is 723. The first-order valence-corrected chi connectivity index (χ1v) is 8.24. The predicted molar refractivity (Wildman–Crippen MR) is 93.8 cm³/mol. The normalized spacial score (nSPS) is 10.7. The highest BCUT2D eigenvalue weighted by Gasteiger charge is 2.08. The third kappa shape index (κ3) is 3.69. The number of H-pyrrole nitrogens is 1. The number of hydrogen-bond donors (Lipinski definition) is 3. The number of thiophene rings is 1. The number of rotatable bonds is 7. The smallest absolute Gasteiger partial charge is 0.126 e. The summed E-state index contributed by atoms with van der Waals surface area (Å²) in [5.74, 6) is 0.810. The lowest BCUT2D eigenvalue weighted by molar-refractivity contribution is 0.304. The van der Waals surface area contributed by atoms with E-state index in [1.54, 1.807) is 17.5 Å². The Morgan fingerprint density at radius 3 is 2.91 bits per heavy atom. The van der Waals surface area contributed by atoms with E-state index in [-0.39, 0.29) is 6.61 Å². The van der Waals surface area contributed by atoms with Crippen LogP contribution in [-0.2, 0) is 6.54 Å². The summed E-state index contributed by atoms with van der Waals surface area (Å²) in [5, 5.41) is 21.5. The molecule has 120 valence electrons. The lowest BCUT2D eigenvalue weighted by atomic mass is 10.2. The molecular formula is C16H19N5OS. The minimum absolute atomic E-state index is 0.127. The van der Waals surface area contributed by atoms with E-state index in [0.717, 1.165) is 22.8 Å². The maximum absolute atomic E-state index is 8.96. The van der Waals surface area contributed by atoms with Crippen molar-refractivity contribution in [1.82, 2.24) is 15.2 Å². The van der Waals surface area contributed by atoms with Crippen LogP contribution in [0.15, 0.2) is 42.0 Å². The molecule has 3 N–H and O–H groups in total. The van der Waals surface area contributed by atoms with Gasteiger partial charge in [0.1, 0.15) is 5.82 Å². The third-order valence-corrected chi connectivity index (χ3v) is 4.46. The highest BCUT2D eigenvalue weighted by atomic mass is 32.1. The number of nitrogens with one attached hydrogen (secondary N) is 2. The molecule has 0 aromatic carbocycles. The van der Waals surface area contributed by atoms with Gasteiger partial charge in [0.25, 0.3) is 0 Å². The van der Waals surface area contributed by atoms with Gasteiger partial charge >= 0.3 is 0 Å². The predicted octanol–water partition coefficient (Wildman–Crippen LogP) is 2.57. The number of aliphatic hydroxyl groups is 1. The molecule has 0 bridgehead atoms. The van der Waals surface area contributed by atoms with Crippen molar-refractivity contribution in [2.75, 3.05) is 30.4 Å². The molecule has 0 unspecified atom stereocenters. The van der Waals surface area contributed by atoms with Gasteiger partial charge in [0.15, 0.2) is 0 Å². The number of anilines is 2. The number of pyridine rings is 1. The van der Waals surface area contributed by atoms with Crippen LogP contribution in [0.5, 0.6) is 0 Å². The minimum Gasteiger partial charge on any atom is -0.395 e. The van der Waals surface area contributed by atoms with Crippen molar-refractivity contribution in [3.63, 3.8) is 0 Å². The molecule has 3 rings (SSSR count). The van der Waals surface area contributed by atoms with Gasteiger partial charge in [-0.05, 0) is 23.6 Å². The van der Waals surface area contributed by atoms with Gasteiger partial charge in [0.2, 0.25) is 0 Å². The van der Waals surface area contributed by atoms with E-state index in [9.17, 15) is 0 Å². The highest BCUT2D eigenvalue weighted by Crippen LogP contribution is 2.26. The van der Waals surface area contributed by atoms with Crippen LogP contribution < -0.4 is 10.2 Å². The van der Waals surface area contributed by atoms with Crippen LogP contribution in [0.2, 0.25) is 0 Å². The third-order valence-electron chi connectivity index (χ3n) is 3.57. The maximum atomic E-state index is 8.96. The van der Waals surface area contributed by atoms with Gasteiger partial charge in [-0.1, -0.05) is 6.07 Å². The van der Waals surface area contributed by atoms with Gasteiger partial charge in [0.05, 0.1) is 35.3 Å². The largest absolute Gasteiger partial charge is 0.395 e. The van der Waals surface area contributed by atoms with Gasteiger partial charge < -0.3 is 15.3 Å². The van der Waals surface area contributed by atoms with E-state index in [4.69, 9.17) is 5.11 Å². The molecule has 0 aliphatic rings. The molecule has 3 heterocycles. The van der Waals surface area contributed by atoms with E-state index in [1.165, 1.54) is 4.88 Å². The van der Waals surface area contributed by atoms with Crippen molar-refractivity contribution < 1.29 is 5.11 Å². The number of likely N-dealkylation sites (N-methyl/N-ethyl adjacent to an activating group) is 1. The number of aromatic amines is 1. The maximum Gasteiger partial charge on any atom is 0.126 e. The first-order chi connectivity index (χ1) is 11.3. The summed E-state index contributed by atoms with van der Waals surface area (Å²) in [6, 6.07) is 8.03. The highest BCUT2D eigenvalue weighted by molar-refractivity contribution is 7.13. The fraction of sp³-hybridized carbons (Fsp3) is 0.250. The fourth-order valence-corrected chi connectivity index (χ4v) is 3.02. The number of aliphatic hydroxyl groups excluding tert-OH is 1. The Hall–Kier alpha value is -2.38. The quantitative estimate of drug-likeness (QED) is 0.621. The SMILES string of the molecule is CN(CCO)c1ccc(NCc2cn[nH]c2-c2cccs2)nc1. The Morgan fingerprint density at radius 2 is 2.22 bits per heavy atom. The summed E-state index contributed by atoms with van der Waals surface area (Å²) in [6.45, 7) is 1.37. The zero-order chi connectivity index (χ0) is 16.1. The average molecular weight is 329 g/mol. The monoisotopic (exact) mass is 329 g/mol. The first kappa shape index (κ1) is 15.5. The molecule has 7 heteroatoms. The van der Waals surface area contributed by atoms with E-state index in [0.29, 0.717) is 13.1 Å². The van der Waals surface area contributed by atoms with Crippen molar-refractivity contribution in [1.29, 1.82) is 0 Å². The van der Waals surface area contributed by atoms with Crippen LogP contribution in [0.1, 0.15) is 5.56 Å². The Labute approximate surface area is 138 Å². The second-order valence-corrected chi connectivity index (χ2v) is 6.10. The molecule has 0 aliphatic heterocycles. The van der Waals surface area contributed by atoms with Gasteiger partial charge in [-0.15, -0.1) is 11.3 Å². The number of aromatic nitrogens is 3. The molecule has 0 saturated heterocycles. The summed E-state index contributed by atoms with van der Waals surface area (Å²) in [7, 11) is 1.93. The summed E-state index contributed by atoms with van der Waals surface area (Å²) in [4.78, 5) is 7.55. The Kier molecular flexibility index (Phi) is 4.89. The summed E-state index contributed by atoms with van der Waals surface area (Å²) in [6.07, 6.45) is 3.64. The molecule has 0 amide bonds. The lowest BCUT2D eigenvalue weighted by Crippen LogP contribution is -2.21. The Balaban J connectivity index is 1.64. The average Bonchev–Trinajstić information content (AvgIpc) is 3.24. The second kappa shape index (κ2) is 7.26. The topological polar surface area (TPSA) is 77.1 Å². The van der Waals surface area contributed by atoms with Crippen LogP contribution in [0.3, 0.4) is 0 Å². The molecular weight excluding hydrogens is 310 g/mol. The van der Waals surface area contributed by atoms with E-state index >= 15 is 0 Å². The molecule has 23 heavy (non-hydrogen) atoms. The molecule has 0 atom stereocenters. The van der Waals surface area contributed by atoms with E-state index in [2.05, 4.69) is 31.9 Å². The minimum atomic E-state index is 0.127. The second-order valence-electron chi connectivity index (χ2n) is 5.15. The molecule has 0 radical (unpaired) electrons. The van der Waals surface area contributed by atoms with E-state index in [1.807, 2.05) is 36.3 Å². The zero-order valence-corrected chi connectivity index (χ0v) is 13.7. The molecule has 3 aromatic heterocycles. The van der Waals surface area contributed by atoms with Gasteiger partial charge in [-0.3, -0.25) is 5.10 Å². The molecule has 0 saturated carbocycles. The summed E-state index contributed by atoms with van der Waals surface area (Å²) < 4.78 is 0. The molecule has 0 fully saturated rings. The molecule has 6 nitrogen and oxygen atoms in total. The van der Waals surface area contributed by atoms with Crippen molar-refractivity contribution in [2.24, 2.45) is 0 Å². The van der Waals surface area contributed by atoms with E-state index < -0.39 is 0 Å². The first-order valence-electron chi connectivity index (χ1n) is 7.36. The Morgan fingerprint density at radius 1 is 1.30 bits per heavy atom. The lowest BCUT2D eigenvalue weighted by Gasteiger charge is -2.17. The van der Waals surface area contributed by atoms with Crippen LogP contribution in [0.4, 0.5) is 11.5 Å². The molecule has 3 aromatic rings. The number of hydrogen-bond acceptors (Lipinski definition) is 6. The van der Waals surface area contributed by atoms with Gasteiger partial charge in [-0.25, -0.2) is 4.98 Å². The fourth-order valence-electron chi connectivity index (χ4n) is 2.26. The van der Waals surface area contributed by atoms with Crippen molar-refractivity contribution in [2.45, 2.75) is 6.54 Å². The summed E-state index contributed by atoms with van der Waals surface area (Å²) in [5.41, 5.74) is 3.13. The number of nitrogens with zero attached hydrogens (tertiary/aromatic N) is 3. The van der Waals surface area contributed by atoms with Crippen LogP contribution in [0.25, 0.3) is 10.6 Å². The van der Waals surface area contributed by atoms with Crippen molar-refractivity contribution in [3.05, 3.63) is 47.6 Å². The van der Waals surface area contributed by atoms with Crippen LogP contribution in [0, 0.1) is 0 Å². The van der Waals surface area contributed by atoms with Crippen molar-refractivity contribution >= 4 is 22.8 Å². The van der Waals surface area contributed by atoms with Crippen LogP contribution >= 0.6 is 11.3 Å². The summed E-state index contributed by atoms with van der Waals surface area (Å²) >= 11 is 1.69. The zero-order valence-electron chi connectivity index (χ0n) is 12.9. The van der Waals surface area contributed by atoms with Crippen LogP contribution in [-0.4, -0.2) is 40.5 Å². The van der Waals surface area contributed by atoms with Gasteiger partial charge in [-0.2, -0.15) is 5.10 Å². The van der Waals surface area contributed by atoms with Crippen molar-refractivity contribution in [3.8, 4) is 10.6 Å².